The number of likely N-dealkylation sites (N-methyl/N-ethyl adjacent to an activating group) is 1. The van der Waals surface area contributed by atoms with E-state index >= 15 is 0 Å². The van der Waals surface area contributed by atoms with Crippen LogP contribution in [-0.4, -0.2) is 36.3 Å². The first-order valence-corrected chi connectivity index (χ1v) is 7.54. The Hall–Kier alpha value is -2.31. The van der Waals surface area contributed by atoms with Crippen LogP contribution in [0.25, 0.3) is 0 Å². The first-order chi connectivity index (χ1) is 11.2. The molecule has 0 spiro atoms. The Kier molecular flexibility index (Phi) is 5.31. The predicted octanol–water partition coefficient (Wildman–Crippen LogP) is 2.71. The van der Waals surface area contributed by atoms with Gasteiger partial charge in [-0.05, 0) is 36.5 Å². The molecule has 0 aliphatic heterocycles. The van der Waals surface area contributed by atoms with Crippen LogP contribution in [0.5, 0.6) is 0 Å². The maximum atomic E-state index is 12.7. The van der Waals surface area contributed by atoms with Gasteiger partial charge in [0.15, 0.2) is 0 Å². The summed E-state index contributed by atoms with van der Waals surface area (Å²) in [5.74, 6) is -0.633. The van der Waals surface area contributed by atoms with Crippen molar-refractivity contribution in [1.82, 2.24) is 10.2 Å². The van der Waals surface area contributed by atoms with Crippen molar-refractivity contribution in [3.8, 4) is 0 Å². The highest BCUT2D eigenvalue weighted by Crippen LogP contribution is 2.39. The highest BCUT2D eigenvalue weighted by molar-refractivity contribution is 5.90. The summed E-state index contributed by atoms with van der Waals surface area (Å²) in [5, 5.41) is 2.78. The van der Waals surface area contributed by atoms with Crippen LogP contribution in [0.2, 0.25) is 0 Å². The fourth-order valence-electron chi connectivity index (χ4n) is 2.70. The van der Waals surface area contributed by atoms with Gasteiger partial charge in [0.05, 0.1) is 12.1 Å². The number of halogens is 3. The lowest BCUT2D eigenvalue weighted by molar-refractivity contribution is -0.137. The van der Waals surface area contributed by atoms with Crippen molar-refractivity contribution in [2.45, 2.75) is 31.0 Å². The van der Waals surface area contributed by atoms with E-state index in [-0.39, 0.29) is 30.3 Å². The second kappa shape index (κ2) is 7.07. The van der Waals surface area contributed by atoms with E-state index < -0.39 is 11.7 Å². The molecule has 1 fully saturated rings. The number of hydrogen-bond acceptors (Lipinski definition) is 2. The Morgan fingerprint density at radius 2 is 2.04 bits per heavy atom. The minimum atomic E-state index is -4.35. The van der Waals surface area contributed by atoms with Gasteiger partial charge in [-0.2, -0.15) is 13.2 Å². The van der Waals surface area contributed by atoms with Crippen LogP contribution < -0.4 is 5.32 Å². The van der Waals surface area contributed by atoms with Crippen LogP contribution in [0.1, 0.15) is 29.9 Å². The van der Waals surface area contributed by atoms with Gasteiger partial charge in [0.25, 0.3) is 0 Å². The highest BCUT2D eigenvalue weighted by Gasteiger charge is 2.34. The number of nitrogens with zero attached hydrogens (tertiary/aromatic N) is 1. The molecule has 0 bridgehead atoms. The fraction of sp³-hybridized carbons (Fsp3) is 0.412. The first kappa shape index (κ1) is 18.0. The van der Waals surface area contributed by atoms with Crippen LogP contribution >= 0.6 is 0 Å². The average molecular weight is 340 g/mol. The molecule has 2 amide bonds. The smallest absolute Gasteiger partial charge is 0.352 e. The fourth-order valence-corrected chi connectivity index (χ4v) is 2.70. The van der Waals surface area contributed by atoms with E-state index in [4.69, 9.17) is 0 Å². The SMILES string of the molecule is C=CC(=O)N(C)CC(=O)NC1CC(c2cccc(C(F)(F)F)c2)C1. The molecule has 1 aromatic carbocycles. The summed E-state index contributed by atoms with van der Waals surface area (Å²) in [7, 11) is 1.50. The van der Waals surface area contributed by atoms with Gasteiger partial charge < -0.3 is 10.2 Å². The van der Waals surface area contributed by atoms with Crippen molar-refractivity contribution in [3.05, 3.63) is 48.0 Å². The standard InChI is InChI=1S/C17H19F3N2O2/c1-3-16(24)22(2)10-15(23)21-14-8-12(9-14)11-5-4-6-13(7-11)17(18,19)20/h3-7,12,14H,1,8-10H2,2H3,(H,21,23). The zero-order valence-electron chi connectivity index (χ0n) is 13.3. The number of alkyl halides is 3. The molecule has 0 radical (unpaired) electrons. The Morgan fingerprint density at radius 1 is 1.38 bits per heavy atom. The highest BCUT2D eigenvalue weighted by atomic mass is 19.4. The molecule has 1 N–H and O–H groups in total. The topological polar surface area (TPSA) is 49.4 Å². The summed E-state index contributed by atoms with van der Waals surface area (Å²) in [5.41, 5.74) is -0.0219. The molecule has 1 aliphatic rings. The summed E-state index contributed by atoms with van der Waals surface area (Å²) < 4.78 is 38.2. The van der Waals surface area contributed by atoms with E-state index in [1.165, 1.54) is 24.1 Å². The van der Waals surface area contributed by atoms with Gasteiger partial charge in [-0.25, -0.2) is 0 Å². The number of carbonyl (C=O) groups excluding carboxylic acids is 2. The third kappa shape index (κ3) is 4.37. The van der Waals surface area contributed by atoms with Crippen LogP contribution in [0.15, 0.2) is 36.9 Å². The molecular weight excluding hydrogens is 321 g/mol. The predicted molar refractivity (Wildman–Crippen MR) is 83.2 cm³/mol. The second-order valence-electron chi connectivity index (χ2n) is 5.95. The zero-order valence-corrected chi connectivity index (χ0v) is 13.3. The molecule has 0 atom stereocenters. The Labute approximate surface area is 138 Å². The molecule has 4 nitrogen and oxygen atoms in total. The minimum Gasteiger partial charge on any atom is -0.352 e. The molecule has 0 aromatic heterocycles. The summed E-state index contributed by atoms with van der Waals surface area (Å²) >= 11 is 0. The molecule has 24 heavy (non-hydrogen) atoms. The largest absolute Gasteiger partial charge is 0.416 e. The summed E-state index contributed by atoms with van der Waals surface area (Å²) in [6.45, 7) is 3.27. The third-order valence-corrected chi connectivity index (χ3v) is 4.12. The Bertz CT molecular complexity index is 637. The summed E-state index contributed by atoms with van der Waals surface area (Å²) in [6, 6.07) is 5.21. The monoisotopic (exact) mass is 340 g/mol. The van der Waals surface area contributed by atoms with Crippen molar-refractivity contribution in [3.63, 3.8) is 0 Å². The van der Waals surface area contributed by atoms with E-state index in [2.05, 4.69) is 11.9 Å². The molecule has 7 heteroatoms. The molecule has 1 aromatic rings. The lowest BCUT2D eigenvalue weighted by Gasteiger charge is -2.36. The second-order valence-corrected chi connectivity index (χ2v) is 5.95. The third-order valence-electron chi connectivity index (χ3n) is 4.12. The van der Waals surface area contributed by atoms with Crippen molar-refractivity contribution in [2.75, 3.05) is 13.6 Å². The number of nitrogens with one attached hydrogen (secondary N) is 1. The molecule has 0 unspecified atom stereocenters. The first-order valence-electron chi connectivity index (χ1n) is 7.54. The molecule has 1 aliphatic carbocycles. The minimum absolute atomic E-state index is 0.00476. The van der Waals surface area contributed by atoms with Crippen LogP contribution in [0.3, 0.4) is 0 Å². The molecule has 1 saturated carbocycles. The van der Waals surface area contributed by atoms with Gasteiger partial charge in [0.1, 0.15) is 0 Å². The van der Waals surface area contributed by atoms with Crippen LogP contribution in [0, 0.1) is 0 Å². The number of rotatable bonds is 5. The lowest BCUT2D eigenvalue weighted by atomic mass is 9.75. The van der Waals surface area contributed by atoms with Crippen molar-refractivity contribution in [1.29, 1.82) is 0 Å². The zero-order chi connectivity index (χ0) is 17.9. The van der Waals surface area contributed by atoms with Gasteiger partial charge in [0, 0.05) is 13.1 Å². The van der Waals surface area contributed by atoms with E-state index in [0.717, 1.165) is 12.1 Å². The van der Waals surface area contributed by atoms with E-state index in [9.17, 15) is 22.8 Å². The number of benzene rings is 1. The molecule has 2 rings (SSSR count). The number of carbonyl (C=O) groups is 2. The van der Waals surface area contributed by atoms with Gasteiger partial charge >= 0.3 is 6.18 Å². The summed E-state index contributed by atoms with van der Waals surface area (Å²) in [6.07, 6.45) is -2.05. The van der Waals surface area contributed by atoms with Gasteiger partial charge in [-0.15, -0.1) is 0 Å². The quantitative estimate of drug-likeness (QED) is 0.838. The van der Waals surface area contributed by atoms with Gasteiger partial charge in [0.2, 0.25) is 11.8 Å². The lowest BCUT2D eigenvalue weighted by Crippen LogP contribution is -2.47. The number of amides is 2. The van der Waals surface area contributed by atoms with Crippen LogP contribution in [-0.2, 0) is 15.8 Å². The summed E-state index contributed by atoms with van der Waals surface area (Å²) in [4.78, 5) is 24.4. The number of hydrogen-bond donors (Lipinski definition) is 1. The Balaban J connectivity index is 1.84. The van der Waals surface area contributed by atoms with E-state index in [0.29, 0.717) is 18.4 Å². The average Bonchev–Trinajstić information content (AvgIpc) is 2.48. The normalized spacial score (nSPS) is 20.0. The van der Waals surface area contributed by atoms with Crippen molar-refractivity contribution in [2.24, 2.45) is 0 Å². The molecule has 0 saturated heterocycles. The van der Waals surface area contributed by atoms with Crippen LogP contribution in [0.4, 0.5) is 13.2 Å². The molecular formula is C17H19F3N2O2. The van der Waals surface area contributed by atoms with Gasteiger partial charge in [-0.1, -0.05) is 24.8 Å². The molecule has 0 heterocycles. The maximum absolute atomic E-state index is 12.7. The van der Waals surface area contributed by atoms with Gasteiger partial charge in [-0.3, -0.25) is 9.59 Å². The van der Waals surface area contributed by atoms with Crippen molar-refractivity contribution < 1.29 is 22.8 Å². The van der Waals surface area contributed by atoms with E-state index in [1.54, 1.807) is 6.07 Å². The van der Waals surface area contributed by atoms with Crippen molar-refractivity contribution >= 4 is 11.8 Å². The molecule has 130 valence electrons. The van der Waals surface area contributed by atoms with E-state index in [1.807, 2.05) is 0 Å². The maximum Gasteiger partial charge on any atom is 0.416 e. The Morgan fingerprint density at radius 3 is 2.62 bits per heavy atom.